The highest BCUT2D eigenvalue weighted by Gasteiger charge is 2.21. The van der Waals surface area contributed by atoms with Crippen LogP contribution >= 0.6 is 0 Å². The number of rotatable bonds is 3. The molecular formula is C19H27N3O2. The van der Waals surface area contributed by atoms with Crippen molar-refractivity contribution in [2.75, 3.05) is 13.1 Å². The van der Waals surface area contributed by atoms with Gasteiger partial charge in [-0.05, 0) is 37.8 Å². The molecule has 0 bridgehead atoms. The summed E-state index contributed by atoms with van der Waals surface area (Å²) in [5.41, 5.74) is 0.731. The third kappa shape index (κ3) is 4.34. The van der Waals surface area contributed by atoms with Crippen molar-refractivity contribution >= 4 is 11.8 Å². The van der Waals surface area contributed by atoms with Crippen LogP contribution in [0.5, 0.6) is 0 Å². The van der Waals surface area contributed by atoms with E-state index in [0.29, 0.717) is 11.4 Å². The molecule has 0 aromatic carbocycles. The molecule has 5 nitrogen and oxygen atoms in total. The second-order valence-corrected chi connectivity index (χ2v) is 6.92. The Labute approximate surface area is 143 Å². The monoisotopic (exact) mass is 329 g/mol. The number of carbonyl (C=O) groups is 2. The van der Waals surface area contributed by atoms with Crippen LogP contribution in [0.4, 0.5) is 0 Å². The van der Waals surface area contributed by atoms with Crippen molar-refractivity contribution < 1.29 is 9.59 Å². The van der Waals surface area contributed by atoms with E-state index >= 15 is 0 Å². The molecule has 130 valence electrons. The Hall–Kier alpha value is -1.91. The Kier molecular flexibility index (Phi) is 5.83. The standard InChI is InChI=1S/C19H27N3O2/c23-18(20-15-9-4-3-5-10-15)16-11-8-12-17(21-16)19(24)22-13-6-1-2-7-14-22/h8,11-12,15H,1-7,9-10,13-14H2,(H,20,23). The van der Waals surface area contributed by atoms with Crippen molar-refractivity contribution in [3.05, 3.63) is 29.6 Å². The van der Waals surface area contributed by atoms with Crippen LogP contribution in [-0.2, 0) is 0 Å². The minimum atomic E-state index is -0.160. The van der Waals surface area contributed by atoms with Gasteiger partial charge in [-0.25, -0.2) is 4.98 Å². The Morgan fingerprint density at radius 2 is 1.54 bits per heavy atom. The molecule has 2 heterocycles. The van der Waals surface area contributed by atoms with Gasteiger partial charge in [0.15, 0.2) is 0 Å². The summed E-state index contributed by atoms with van der Waals surface area (Å²) in [4.78, 5) is 31.3. The molecule has 5 heteroatoms. The first kappa shape index (κ1) is 16.9. The van der Waals surface area contributed by atoms with Crippen molar-refractivity contribution in [1.29, 1.82) is 0 Å². The van der Waals surface area contributed by atoms with E-state index in [1.54, 1.807) is 18.2 Å². The van der Waals surface area contributed by atoms with Crippen LogP contribution in [0.1, 0.15) is 78.8 Å². The maximum absolute atomic E-state index is 12.6. The average molecular weight is 329 g/mol. The average Bonchev–Trinajstić information content (AvgIpc) is 2.91. The molecule has 1 aliphatic heterocycles. The molecular weight excluding hydrogens is 302 g/mol. The molecule has 0 atom stereocenters. The van der Waals surface area contributed by atoms with E-state index in [-0.39, 0.29) is 17.9 Å². The van der Waals surface area contributed by atoms with Crippen LogP contribution in [0, 0.1) is 0 Å². The first-order valence-electron chi connectivity index (χ1n) is 9.31. The summed E-state index contributed by atoms with van der Waals surface area (Å²) in [5.74, 6) is -0.211. The van der Waals surface area contributed by atoms with Gasteiger partial charge >= 0.3 is 0 Å². The predicted molar refractivity (Wildman–Crippen MR) is 92.9 cm³/mol. The van der Waals surface area contributed by atoms with Crippen molar-refractivity contribution in [2.24, 2.45) is 0 Å². The summed E-state index contributed by atoms with van der Waals surface area (Å²) in [6.45, 7) is 1.58. The van der Waals surface area contributed by atoms with Gasteiger partial charge in [-0.1, -0.05) is 38.2 Å². The third-order valence-electron chi connectivity index (χ3n) is 5.03. The van der Waals surface area contributed by atoms with Crippen LogP contribution in [0.2, 0.25) is 0 Å². The van der Waals surface area contributed by atoms with Crippen LogP contribution in [0.15, 0.2) is 18.2 Å². The lowest BCUT2D eigenvalue weighted by Gasteiger charge is -2.23. The van der Waals surface area contributed by atoms with Gasteiger partial charge < -0.3 is 10.2 Å². The van der Waals surface area contributed by atoms with E-state index in [1.807, 2.05) is 4.90 Å². The predicted octanol–water partition coefficient (Wildman–Crippen LogP) is 3.16. The summed E-state index contributed by atoms with van der Waals surface area (Å²) in [7, 11) is 0. The number of hydrogen-bond donors (Lipinski definition) is 1. The highest BCUT2D eigenvalue weighted by molar-refractivity contribution is 5.96. The van der Waals surface area contributed by atoms with Gasteiger partial charge in [-0.15, -0.1) is 0 Å². The second kappa shape index (κ2) is 8.27. The molecule has 0 radical (unpaired) electrons. The van der Waals surface area contributed by atoms with E-state index in [0.717, 1.165) is 38.8 Å². The molecule has 1 N–H and O–H groups in total. The van der Waals surface area contributed by atoms with Gasteiger partial charge in [-0.3, -0.25) is 9.59 Å². The fourth-order valence-electron chi connectivity index (χ4n) is 3.62. The van der Waals surface area contributed by atoms with Gasteiger partial charge in [0.2, 0.25) is 0 Å². The number of hydrogen-bond acceptors (Lipinski definition) is 3. The largest absolute Gasteiger partial charge is 0.348 e. The van der Waals surface area contributed by atoms with Gasteiger partial charge in [0.1, 0.15) is 11.4 Å². The minimum Gasteiger partial charge on any atom is -0.348 e. The number of aromatic nitrogens is 1. The highest BCUT2D eigenvalue weighted by Crippen LogP contribution is 2.18. The zero-order valence-corrected chi connectivity index (χ0v) is 14.3. The van der Waals surface area contributed by atoms with Crippen LogP contribution in [-0.4, -0.2) is 40.8 Å². The number of pyridine rings is 1. The fourth-order valence-corrected chi connectivity index (χ4v) is 3.62. The summed E-state index contributed by atoms with van der Waals surface area (Å²) in [6, 6.07) is 5.41. The van der Waals surface area contributed by atoms with Crippen LogP contribution in [0.25, 0.3) is 0 Å². The third-order valence-corrected chi connectivity index (χ3v) is 5.03. The molecule has 24 heavy (non-hydrogen) atoms. The van der Waals surface area contributed by atoms with E-state index in [2.05, 4.69) is 10.3 Å². The maximum Gasteiger partial charge on any atom is 0.272 e. The highest BCUT2D eigenvalue weighted by atomic mass is 16.2. The molecule has 2 aliphatic rings. The summed E-state index contributed by atoms with van der Waals surface area (Å²) < 4.78 is 0. The van der Waals surface area contributed by atoms with E-state index < -0.39 is 0 Å². The topological polar surface area (TPSA) is 62.3 Å². The molecule has 1 aromatic rings. The van der Waals surface area contributed by atoms with Crippen LogP contribution in [0.3, 0.4) is 0 Å². The number of amides is 2. The van der Waals surface area contributed by atoms with Crippen LogP contribution < -0.4 is 5.32 Å². The number of carbonyl (C=O) groups excluding carboxylic acids is 2. The van der Waals surface area contributed by atoms with E-state index in [4.69, 9.17) is 0 Å². The van der Waals surface area contributed by atoms with Gasteiger partial charge in [0.05, 0.1) is 0 Å². The Morgan fingerprint density at radius 3 is 2.25 bits per heavy atom. The SMILES string of the molecule is O=C(NC1CCCCC1)c1cccc(C(=O)N2CCCCCC2)n1. The summed E-state index contributed by atoms with van der Waals surface area (Å²) >= 11 is 0. The van der Waals surface area contributed by atoms with E-state index in [9.17, 15) is 9.59 Å². The lowest BCUT2D eigenvalue weighted by Crippen LogP contribution is -2.37. The molecule has 3 rings (SSSR count). The van der Waals surface area contributed by atoms with Gasteiger partial charge in [0.25, 0.3) is 11.8 Å². The number of nitrogens with zero attached hydrogens (tertiary/aromatic N) is 2. The molecule has 1 aliphatic carbocycles. The minimum absolute atomic E-state index is 0.0517. The Morgan fingerprint density at radius 1 is 0.917 bits per heavy atom. The Bertz CT molecular complexity index is 574. The Balaban J connectivity index is 1.66. The van der Waals surface area contributed by atoms with Crippen molar-refractivity contribution in [3.8, 4) is 0 Å². The second-order valence-electron chi connectivity index (χ2n) is 6.92. The summed E-state index contributed by atoms with van der Waals surface area (Å²) in [6.07, 6.45) is 10.1. The van der Waals surface area contributed by atoms with E-state index in [1.165, 1.54) is 32.1 Å². The molecule has 0 unspecified atom stereocenters. The van der Waals surface area contributed by atoms with Crippen molar-refractivity contribution in [3.63, 3.8) is 0 Å². The van der Waals surface area contributed by atoms with Crippen molar-refractivity contribution in [1.82, 2.24) is 15.2 Å². The van der Waals surface area contributed by atoms with Gasteiger partial charge in [0, 0.05) is 19.1 Å². The molecule has 2 fully saturated rings. The lowest BCUT2D eigenvalue weighted by molar-refractivity contribution is 0.0755. The molecule has 1 saturated heterocycles. The lowest BCUT2D eigenvalue weighted by atomic mass is 9.95. The summed E-state index contributed by atoms with van der Waals surface area (Å²) in [5, 5.41) is 3.06. The zero-order chi connectivity index (χ0) is 16.8. The van der Waals surface area contributed by atoms with Crippen molar-refractivity contribution in [2.45, 2.75) is 63.8 Å². The number of nitrogens with one attached hydrogen (secondary N) is 1. The first-order chi connectivity index (χ1) is 11.7. The quantitative estimate of drug-likeness (QED) is 0.926. The molecule has 2 amide bonds. The molecule has 1 aromatic heterocycles. The first-order valence-corrected chi connectivity index (χ1v) is 9.31. The maximum atomic E-state index is 12.6. The normalized spacial score (nSPS) is 19.6. The zero-order valence-electron chi connectivity index (χ0n) is 14.3. The van der Waals surface area contributed by atoms with Gasteiger partial charge in [-0.2, -0.15) is 0 Å². The smallest absolute Gasteiger partial charge is 0.272 e. The number of likely N-dealkylation sites (tertiary alicyclic amines) is 1. The fraction of sp³-hybridized carbons (Fsp3) is 0.632. The molecule has 0 spiro atoms. The molecule has 1 saturated carbocycles.